The van der Waals surface area contributed by atoms with Crippen LogP contribution in [-0.2, 0) is 20.8 Å². The van der Waals surface area contributed by atoms with Crippen LogP contribution in [0.1, 0.15) is 25.3 Å². The molecule has 30 heavy (non-hydrogen) atoms. The number of nitrogens with one attached hydrogen (secondary N) is 1. The first kappa shape index (κ1) is 19.9. The summed E-state index contributed by atoms with van der Waals surface area (Å²) in [6.45, 7) is 2.87. The molecule has 0 bridgehead atoms. The van der Waals surface area contributed by atoms with E-state index in [-0.39, 0.29) is 24.1 Å². The summed E-state index contributed by atoms with van der Waals surface area (Å²) in [5.74, 6) is 0.0917. The lowest BCUT2D eigenvalue weighted by Crippen LogP contribution is -2.28. The van der Waals surface area contributed by atoms with Gasteiger partial charge < -0.3 is 19.9 Å². The van der Waals surface area contributed by atoms with Crippen molar-refractivity contribution in [1.29, 1.82) is 0 Å². The lowest BCUT2D eigenvalue weighted by Gasteiger charge is -2.20. The van der Waals surface area contributed by atoms with Crippen molar-refractivity contribution < 1.29 is 19.1 Å². The van der Waals surface area contributed by atoms with Gasteiger partial charge in [-0.3, -0.25) is 14.4 Å². The molecule has 4 rings (SSSR count). The van der Waals surface area contributed by atoms with E-state index in [4.69, 9.17) is 4.74 Å². The van der Waals surface area contributed by atoms with E-state index in [1.54, 1.807) is 41.2 Å². The van der Waals surface area contributed by atoms with Crippen LogP contribution in [-0.4, -0.2) is 37.9 Å². The van der Waals surface area contributed by atoms with E-state index in [2.05, 4.69) is 5.32 Å². The molecule has 2 aromatic rings. The Morgan fingerprint density at radius 2 is 2.03 bits per heavy atom. The Morgan fingerprint density at radius 1 is 1.20 bits per heavy atom. The smallest absolute Gasteiger partial charge is 0.229 e. The van der Waals surface area contributed by atoms with E-state index in [0.29, 0.717) is 30.9 Å². The number of anilines is 3. The van der Waals surface area contributed by atoms with Crippen molar-refractivity contribution >= 4 is 34.8 Å². The highest BCUT2D eigenvalue weighted by atomic mass is 16.5. The lowest BCUT2D eigenvalue weighted by atomic mass is 10.1. The summed E-state index contributed by atoms with van der Waals surface area (Å²) < 4.78 is 5.18. The van der Waals surface area contributed by atoms with E-state index in [9.17, 15) is 14.4 Å². The molecule has 0 radical (unpaired) electrons. The Morgan fingerprint density at radius 3 is 2.80 bits per heavy atom. The minimum Gasteiger partial charge on any atom is -0.497 e. The van der Waals surface area contributed by atoms with Gasteiger partial charge in [0.05, 0.1) is 13.0 Å². The zero-order valence-corrected chi connectivity index (χ0v) is 17.2. The Kier molecular flexibility index (Phi) is 5.44. The summed E-state index contributed by atoms with van der Waals surface area (Å²) in [6, 6.07) is 12.9. The van der Waals surface area contributed by atoms with E-state index in [0.717, 1.165) is 23.4 Å². The van der Waals surface area contributed by atoms with Crippen molar-refractivity contribution in [3.8, 4) is 5.75 Å². The van der Waals surface area contributed by atoms with Crippen molar-refractivity contribution in [3.63, 3.8) is 0 Å². The summed E-state index contributed by atoms with van der Waals surface area (Å²) in [5.41, 5.74) is 3.40. The number of benzene rings is 2. The van der Waals surface area contributed by atoms with E-state index in [1.807, 2.05) is 25.1 Å². The van der Waals surface area contributed by atoms with Crippen LogP contribution in [0.3, 0.4) is 0 Å². The maximum atomic E-state index is 12.7. The van der Waals surface area contributed by atoms with Gasteiger partial charge in [0, 0.05) is 49.1 Å². The maximum absolute atomic E-state index is 12.7. The molecule has 2 aliphatic rings. The van der Waals surface area contributed by atoms with E-state index in [1.165, 1.54) is 0 Å². The molecule has 0 saturated carbocycles. The number of methoxy groups -OCH3 is 1. The van der Waals surface area contributed by atoms with E-state index < -0.39 is 5.92 Å². The highest BCUT2D eigenvalue weighted by molar-refractivity contribution is 6.04. The molecule has 1 fully saturated rings. The molecule has 2 heterocycles. The monoisotopic (exact) mass is 407 g/mol. The third-order valence-electron chi connectivity index (χ3n) is 5.71. The zero-order chi connectivity index (χ0) is 21.3. The summed E-state index contributed by atoms with van der Waals surface area (Å²) in [4.78, 5) is 40.9. The first-order valence-electron chi connectivity index (χ1n) is 10.2. The van der Waals surface area contributed by atoms with Gasteiger partial charge in [0.15, 0.2) is 0 Å². The number of hydrogen-bond acceptors (Lipinski definition) is 4. The van der Waals surface area contributed by atoms with Gasteiger partial charge in [-0.15, -0.1) is 0 Å². The molecule has 7 heteroatoms. The fraction of sp³-hybridized carbons (Fsp3) is 0.348. The fourth-order valence-corrected chi connectivity index (χ4v) is 4.08. The Bertz CT molecular complexity index is 1000. The minimum absolute atomic E-state index is 0.0692. The number of nitrogens with zero attached hydrogens (tertiary/aromatic N) is 2. The summed E-state index contributed by atoms with van der Waals surface area (Å²) in [5, 5.41) is 2.88. The number of rotatable bonds is 5. The molecule has 0 aliphatic carbocycles. The van der Waals surface area contributed by atoms with Crippen LogP contribution in [0, 0.1) is 5.92 Å². The number of carbonyl (C=O) groups excluding carboxylic acids is 3. The van der Waals surface area contributed by atoms with Crippen molar-refractivity contribution in [2.24, 2.45) is 5.92 Å². The van der Waals surface area contributed by atoms with Gasteiger partial charge >= 0.3 is 0 Å². The van der Waals surface area contributed by atoms with E-state index >= 15 is 0 Å². The number of carbonyl (C=O) groups is 3. The summed E-state index contributed by atoms with van der Waals surface area (Å²) in [7, 11) is 1.57. The van der Waals surface area contributed by atoms with Crippen molar-refractivity contribution in [2.75, 3.05) is 35.3 Å². The second kappa shape index (κ2) is 8.18. The highest BCUT2D eigenvalue weighted by Gasteiger charge is 2.36. The summed E-state index contributed by atoms with van der Waals surface area (Å²) >= 11 is 0. The Hall–Kier alpha value is -3.35. The molecular formula is C23H25N3O4. The largest absolute Gasteiger partial charge is 0.497 e. The molecule has 1 unspecified atom stereocenters. The SMILES string of the molecule is CCC(=O)N1CCc2cc(N3CC(C(=O)Nc4cccc(OC)c4)CC3=O)ccc21. The zero-order valence-electron chi connectivity index (χ0n) is 17.2. The van der Waals surface area contributed by atoms with Gasteiger partial charge in [-0.05, 0) is 42.3 Å². The topological polar surface area (TPSA) is 79.0 Å². The lowest BCUT2D eigenvalue weighted by molar-refractivity contribution is -0.122. The highest BCUT2D eigenvalue weighted by Crippen LogP contribution is 2.34. The van der Waals surface area contributed by atoms with Crippen LogP contribution in [0.5, 0.6) is 5.75 Å². The molecule has 1 saturated heterocycles. The number of ether oxygens (including phenoxy) is 1. The quantitative estimate of drug-likeness (QED) is 0.827. The molecular weight excluding hydrogens is 382 g/mol. The van der Waals surface area contributed by atoms with Crippen LogP contribution in [0.25, 0.3) is 0 Å². The normalized spacial score (nSPS) is 17.8. The molecule has 2 aliphatic heterocycles. The van der Waals surface area contributed by atoms with Gasteiger partial charge in [0.25, 0.3) is 0 Å². The molecule has 0 spiro atoms. The predicted molar refractivity (Wildman–Crippen MR) is 115 cm³/mol. The van der Waals surface area contributed by atoms with Crippen LogP contribution >= 0.6 is 0 Å². The minimum atomic E-state index is -0.421. The standard InChI is InChI=1S/C23H25N3O4/c1-3-21(27)25-10-9-15-11-18(7-8-20(15)25)26-14-16(12-22(26)28)23(29)24-17-5-4-6-19(13-17)30-2/h4-8,11,13,16H,3,9-10,12,14H2,1-2H3,(H,24,29). The first-order valence-corrected chi connectivity index (χ1v) is 10.2. The first-order chi connectivity index (χ1) is 14.5. The van der Waals surface area contributed by atoms with Gasteiger partial charge in [0.1, 0.15) is 5.75 Å². The van der Waals surface area contributed by atoms with Crippen molar-refractivity contribution in [1.82, 2.24) is 0 Å². The van der Waals surface area contributed by atoms with Crippen LogP contribution < -0.4 is 19.9 Å². The third kappa shape index (κ3) is 3.75. The van der Waals surface area contributed by atoms with Crippen LogP contribution in [0.2, 0.25) is 0 Å². The molecule has 2 aromatic carbocycles. The number of amides is 3. The third-order valence-corrected chi connectivity index (χ3v) is 5.71. The van der Waals surface area contributed by atoms with Crippen LogP contribution in [0.4, 0.5) is 17.1 Å². The van der Waals surface area contributed by atoms with Crippen molar-refractivity contribution in [3.05, 3.63) is 48.0 Å². The molecule has 1 atom stereocenters. The van der Waals surface area contributed by atoms with Gasteiger partial charge in [-0.2, -0.15) is 0 Å². The maximum Gasteiger partial charge on any atom is 0.229 e. The molecule has 7 nitrogen and oxygen atoms in total. The average Bonchev–Trinajstić information content (AvgIpc) is 3.36. The summed E-state index contributed by atoms with van der Waals surface area (Å²) in [6.07, 6.45) is 1.42. The average molecular weight is 407 g/mol. The molecule has 1 N–H and O–H groups in total. The molecule has 0 aromatic heterocycles. The second-order valence-electron chi connectivity index (χ2n) is 7.59. The van der Waals surface area contributed by atoms with Crippen molar-refractivity contribution in [2.45, 2.75) is 26.2 Å². The Balaban J connectivity index is 1.46. The second-order valence-corrected chi connectivity index (χ2v) is 7.59. The van der Waals surface area contributed by atoms with Gasteiger partial charge in [-0.1, -0.05) is 13.0 Å². The van der Waals surface area contributed by atoms with Gasteiger partial charge in [0.2, 0.25) is 17.7 Å². The predicted octanol–water partition coefficient (Wildman–Crippen LogP) is 2.99. The van der Waals surface area contributed by atoms with Crippen LogP contribution in [0.15, 0.2) is 42.5 Å². The fourth-order valence-electron chi connectivity index (χ4n) is 4.08. The Labute approximate surface area is 175 Å². The number of hydrogen-bond donors (Lipinski definition) is 1. The molecule has 3 amide bonds. The number of fused-ring (bicyclic) bond motifs is 1. The van der Waals surface area contributed by atoms with Gasteiger partial charge in [-0.25, -0.2) is 0 Å². The molecule has 156 valence electrons.